The van der Waals surface area contributed by atoms with Crippen molar-refractivity contribution in [2.45, 2.75) is 31.3 Å². The topological polar surface area (TPSA) is 49.9 Å². The Labute approximate surface area is 168 Å². The fourth-order valence-corrected chi connectivity index (χ4v) is 7.06. The molecule has 5 heterocycles. The lowest BCUT2D eigenvalue weighted by Crippen LogP contribution is -2.42. The molecule has 1 aromatic carbocycles. The summed E-state index contributed by atoms with van der Waals surface area (Å²) in [5.41, 5.74) is 0. The first kappa shape index (κ1) is 17.0. The third kappa shape index (κ3) is 2.40. The molecule has 5 nitrogen and oxygen atoms in total. The van der Waals surface area contributed by atoms with Gasteiger partial charge in [-0.25, -0.2) is 0 Å². The fourth-order valence-electron chi connectivity index (χ4n) is 6.06. The lowest BCUT2D eigenvalue weighted by molar-refractivity contribution is -0.134. The quantitative estimate of drug-likeness (QED) is 0.784. The molecule has 0 aliphatic carbocycles. The average Bonchev–Trinajstić information content (AvgIpc) is 3.52. The smallest absolute Gasteiger partial charge is 0.264 e. The number of amides is 2. The van der Waals surface area contributed by atoms with E-state index >= 15 is 0 Å². The highest BCUT2D eigenvalue weighted by molar-refractivity contribution is 7.20. The third-order valence-electron chi connectivity index (χ3n) is 7.34. The van der Waals surface area contributed by atoms with Gasteiger partial charge in [-0.1, -0.05) is 18.2 Å². The Balaban J connectivity index is 1.22. The maximum atomic E-state index is 13.4. The van der Waals surface area contributed by atoms with Crippen LogP contribution in [0.3, 0.4) is 0 Å². The van der Waals surface area contributed by atoms with Crippen LogP contribution in [0.4, 0.5) is 0 Å². The molecule has 2 amide bonds. The van der Waals surface area contributed by atoms with Crippen molar-refractivity contribution >= 4 is 33.2 Å². The van der Waals surface area contributed by atoms with Gasteiger partial charge in [-0.15, -0.1) is 11.3 Å². The van der Waals surface area contributed by atoms with E-state index in [-0.39, 0.29) is 17.7 Å². The first-order valence-corrected chi connectivity index (χ1v) is 11.2. The minimum atomic E-state index is 0.0489. The minimum Gasteiger partial charge on any atom is -0.381 e. The van der Waals surface area contributed by atoms with Crippen LogP contribution in [0.15, 0.2) is 30.3 Å². The van der Waals surface area contributed by atoms with Crippen LogP contribution >= 0.6 is 11.3 Å². The van der Waals surface area contributed by atoms with Gasteiger partial charge in [0.25, 0.3) is 5.91 Å². The molecule has 6 rings (SSSR count). The normalized spacial score (nSPS) is 33.8. The summed E-state index contributed by atoms with van der Waals surface area (Å²) >= 11 is 1.60. The molecule has 0 N–H and O–H groups in total. The Morgan fingerprint density at radius 2 is 1.79 bits per heavy atom. The number of carbonyl (C=O) groups is 2. The molecule has 0 radical (unpaired) electrons. The van der Waals surface area contributed by atoms with E-state index in [1.807, 2.05) is 18.2 Å². The number of thiophene rings is 1. The molecular weight excluding hydrogens is 372 g/mol. The van der Waals surface area contributed by atoms with Crippen molar-refractivity contribution in [3.8, 4) is 0 Å². The van der Waals surface area contributed by atoms with Crippen molar-refractivity contribution in [2.75, 3.05) is 26.3 Å². The van der Waals surface area contributed by atoms with Crippen LogP contribution in [0.5, 0.6) is 0 Å². The standard InChI is InChI=1S/C22H24N2O3S/c25-21(14-7-8-27-12-14)23-10-15-16(11-23)18-6-5-17(15)24(18)22(26)20-9-13-3-1-2-4-19(13)28-20/h1-4,9,14-18H,5-8,10-12H2/t14?,15-,16+,17-,18+. The summed E-state index contributed by atoms with van der Waals surface area (Å²) in [6, 6.07) is 10.8. The maximum Gasteiger partial charge on any atom is 0.264 e. The van der Waals surface area contributed by atoms with Gasteiger partial charge in [0.1, 0.15) is 0 Å². The Morgan fingerprint density at radius 1 is 1.04 bits per heavy atom. The monoisotopic (exact) mass is 396 g/mol. The summed E-state index contributed by atoms with van der Waals surface area (Å²) in [5.74, 6) is 1.42. The molecule has 4 saturated heterocycles. The van der Waals surface area contributed by atoms with Crippen molar-refractivity contribution in [1.82, 2.24) is 9.80 Å². The molecule has 4 aliphatic rings. The van der Waals surface area contributed by atoms with Gasteiger partial charge in [-0.3, -0.25) is 9.59 Å². The fraction of sp³-hybridized carbons (Fsp3) is 0.545. The van der Waals surface area contributed by atoms with Gasteiger partial charge in [-0.2, -0.15) is 0 Å². The summed E-state index contributed by atoms with van der Waals surface area (Å²) in [4.78, 5) is 31.3. The molecule has 28 heavy (non-hydrogen) atoms. The largest absolute Gasteiger partial charge is 0.381 e. The highest BCUT2D eigenvalue weighted by Crippen LogP contribution is 2.50. The van der Waals surface area contributed by atoms with Gasteiger partial charge in [0.2, 0.25) is 5.91 Å². The number of fused-ring (bicyclic) bond motifs is 6. The first-order chi connectivity index (χ1) is 13.7. The van der Waals surface area contributed by atoms with Crippen molar-refractivity contribution in [1.29, 1.82) is 0 Å². The second-order valence-electron chi connectivity index (χ2n) is 8.70. The van der Waals surface area contributed by atoms with E-state index in [2.05, 4.69) is 21.9 Å². The van der Waals surface area contributed by atoms with Crippen molar-refractivity contribution in [3.63, 3.8) is 0 Å². The summed E-state index contributed by atoms with van der Waals surface area (Å²) in [6.07, 6.45) is 3.02. The van der Waals surface area contributed by atoms with Crippen LogP contribution in [0.2, 0.25) is 0 Å². The summed E-state index contributed by atoms with van der Waals surface area (Å²) in [6.45, 7) is 2.92. The molecule has 4 aliphatic heterocycles. The predicted octanol–water partition coefficient (Wildman–Crippen LogP) is 3.00. The molecule has 5 atom stereocenters. The Kier molecular flexibility index (Phi) is 3.82. The summed E-state index contributed by atoms with van der Waals surface area (Å²) in [7, 11) is 0. The molecule has 6 heteroatoms. The van der Waals surface area contributed by atoms with Gasteiger partial charge in [0.15, 0.2) is 0 Å². The van der Waals surface area contributed by atoms with E-state index in [9.17, 15) is 9.59 Å². The highest BCUT2D eigenvalue weighted by atomic mass is 32.1. The second-order valence-corrected chi connectivity index (χ2v) is 9.79. The van der Waals surface area contributed by atoms with E-state index in [1.165, 1.54) is 4.70 Å². The second kappa shape index (κ2) is 6.29. The van der Waals surface area contributed by atoms with E-state index in [0.29, 0.717) is 37.1 Å². The molecule has 1 unspecified atom stereocenters. The number of hydrogen-bond donors (Lipinski definition) is 0. The lowest BCUT2D eigenvalue weighted by Gasteiger charge is -2.27. The SMILES string of the molecule is O=C(C1CCOC1)N1C[C@@H]2[C@H](C1)[C@@H]1CC[C@H]2N1C(=O)c1cc2ccccc2s1. The van der Waals surface area contributed by atoms with Crippen LogP contribution in [-0.4, -0.2) is 60.0 Å². The van der Waals surface area contributed by atoms with Crippen LogP contribution in [0.25, 0.3) is 10.1 Å². The van der Waals surface area contributed by atoms with Gasteiger partial charge in [0, 0.05) is 48.3 Å². The predicted molar refractivity (Wildman–Crippen MR) is 107 cm³/mol. The number of benzene rings is 1. The Hall–Kier alpha value is -1.92. The number of ether oxygens (including phenoxy) is 1. The third-order valence-corrected chi connectivity index (χ3v) is 8.44. The Morgan fingerprint density at radius 3 is 2.46 bits per heavy atom. The molecule has 0 spiro atoms. The van der Waals surface area contributed by atoms with Crippen LogP contribution < -0.4 is 0 Å². The number of rotatable bonds is 2. The zero-order chi connectivity index (χ0) is 18.8. The molecule has 2 bridgehead atoms. The molecule has 0 saturated carbocycles. The van der Waals surface area contributed by atoms with Crippen LogP contribution in [-0.2, 0) is 9.53 Å². The van der Waals surface area contributed by atoms with Gasteiger partial charge >= 0.3 is 0 Å². The van der Waals surface area contributed by atoms with Gasteiger partial charge < -0.3 is 14.5 Å². The molecular formula is C22H24N2O3S. The molecule has 2 aromatic rings. The summed E-state index contributed by atoms with van der Waals surface area (Å²) < 4.78 is 6.58. The van der Waals surface area contributed by atoms with Crippen molar-refractivity contribution in [2.24, 2.45) is 17.8 Å². The van der Waals surface area contributed by atoms with E-state index in [1.54, 1.807) is 11.3 Å². The van der Waals surface area contributed by atoms with Crippen molar-refractivity contribution in [3.05, 3.63) is 35.2 Å². The maximum absolute atomic E-state index is 13.4. The number of carbonyl (C=O) groups excluding carboxylic acids is 2. The van der Waals surface area contributed by atoms with Crippen molar-refractivity contribution < 1.29 is 14.3 Å². The average molecular weight is 397 g/mol. The lowest BCUT2D eigenvalue weighted by atomic mass is 9.82. The molecule has 146 valence electrons. The summed E-state index contributed by atoms with van der Waals surface area (Å²) in [5, 5.41) is 1.15. The Bertz CT molecular complexity index is 897. The van der Waals surface area contributed by atoms with E-state index in [0.717, 1.165) is 42.6 Å². The number of hydrogen-bond acceptors (Lipinski definition) is 4. The van der Waals surface area contributed by atoms with E-state index < -0.39 is 0 Å². The van der Waals surface area contributed by atoms with Gasteiger partial charge in [0.05, 0.1) is 17.4 Å². The van der Waals surface area contributed by atoms with Crippen LogP contribution in [0, 0.1) is 17.8 Å². The zero-order valence-corrected chi connectivity index (χ0v) is 16.6. The number of nitrogens with zero attached hydrogens (tertiary/aromatic N) is 2. The number of likely N-dealkylation sites (tertiary alicyclic amines) is 1. The molecule has 1 aromatic heterocycles. The first-order valence-electron chi connectivity index (χ1n) is 10.4. The van der Waals surface area contributed by atoms with Gasteiger partial charge in [-0.05, 0) is 36.8 Å². The molecule has 4 fully saturated rings. The zero-order valence-electron chi connectivity index (χ0n) is 15.8. The van der Waals surface area contributed by atoms with Crippen LogP contribution in [0.1, 0.15) is 28.9 Å². The minimum absolute atomic E-state index is 0.0489. The highest BCUT2D eigenvalue weighted by Gasteiger charge is 2.58. The van der Waals surface area contributed by atoms with E-state index in [4.69, 9.17) is 4.74 Å².